The van der Waals surface area contributed by atoms with Crippen molar-refractivity contribution in [2.45, 2.75) is 82.4 Å². The van der Waals surface area contributed by atoms with Gasteiger partial charge in [0.2, 0.25) is 5.56 Å². The number of benzene rings is 5. The second-order valence-corrected chi connectivity index (χ2v) is 18.8. The Hall–Kier alpha value is -7.20. The molecule has 2 bridgehead atoms. The van der Waals surface area contributed by atoms with Crippen molar-refractivity contribution in [2.24, 2.45) is 5.92 Å². The molecule has 3 saturated heterocycles. The largest absolute Gasteiger partial charge is 0.506 e. The van der Waals surface area contributed by atoms with Gasteiger partial charge in [-0.05, 0) is 121 Å². The van der Waals surface area contributed by atoms with E-state index in [0.29, 0.717) is 40.4 Å². The smallest absolute Gasteiger partial charge is 0.408 e. The maximum Gasteiger partial charge on any atom is 0.408 e. The highest BCUT2D eigenvalue weighted by Gasteiger charge is 2.37. The van der Waals surface area contributed by atoms with Gasteiger partial charge in [0, 0.05) is 42.8 Å². The summed E-state index contributed by atoms with van der Waals surface area (Å²) in [5, 5.41) is 31.1. The number of ether oxygens (including phenoxy) is 3. The highest BCUT2D eigenvalue weighted by Crippen LogP contribution is 2.32. The quantitative estimate of drug-likeness (QED) is 0.0452. The number of hydrogen-bond acceptors (Lipinski definition) is 11. The molecule has 6 aromatic rings. The summed E-state index contributed by atoms with van der Waals surface area (Å²) in [7, 11) is 0. The number of piperidine rings is 3. The lowest BCUT2D eigenvalue weighted by atomic mass is 9.86. The molecule has 71 heavy (non-hydrogen) atoms. The number of phenolic OH excluding ortho intramolecular Hbond substituents is 1. The normalized spacial score (nSPS) is 18.5. The Labute approximate surface area is 413 Å². The molecule has 15 nitrogen and oxygen atoms in total. The maximum atomic E-state index is 13.8. The SMILES string of the molecule is O=C(NC(c1ccccc1)c1cccc(OCc2ccc(C(=O)OCCN(C(=O)Nc3ccc(CNC[C@@H](O)c4ccc(O)c5[nH]c(=O)ccc45)cc3)C3CCCCC3)cc2)c1)O[C@H]1CN2CCC1CC2. The highest BCUT2D eigenvalue weighted by atomic mass is 16.6. The Bertz CT molecular complexity index is 2810. The van der Waals surface area contributed by atoms with Crippen LogP contribution in [0.4, 0.5) is 15.3 Å². The van der Waals surface area contributed by atoms with Crippen molar-refractivity contribution >= 4 is 34.7 Å². The zero-order valence-corrected chi connectivity index (χ0v) is 39.8. The van der Waals surface area contributed by atoms with E-state index in [-0.39, 0.29) is 61.3 Å². The van der Waals surface area contributed by atoms with Gasteiger partial charge in [-0.3, -0.25) is 9.69 Å². The summed E-state index contributed by atoms with van der Waals surface area (Å²) < 4.78 is 17.9. The van der Waals surface area contributed by atoms with Crippen molar-refractivity contribution in [1.82, 2.24) is 25.4 Å². The van der Waals surface area contributed by atoms with Crippen LogP contribution in [0.3, 0.4) is 0 Å². The molecule has 15 heteroatoms. The van der Waals surface area contributed by atoms with E-state index in [4.69, 9.17) is 14.2 Å². The number of aromatic hydroxyl groups is 1. The van der Waals surface area contributed by atoms with Gasteiger partial charge in [-0.1, -0.05) is 92.1 Å². The van der Waals surface area contributed by atoms with E-state index in [1.807, 2.05) is 91.0 Å². The number of aliphatic hydroxyl groups is 1. The molecule has 1 aliphatic carbocycles. The summed E-state index contributed by atoms with van der Waals surface area (Å²) in [6.45, 7) is 4.14. The summed E-state index contributed by atoms with van der Waals surface area (Å²) in [4.78, 5) is 58.9. The first-order chi connectivity index (χ1) is 34.6. The second-order valence-electron chi connectivity index (χ2n) is 18.8. The van der Waals surface area contributed by atoms with Crippen LogP contribution in [0.2, 0.25) is 0 Å². The van der Waals surface area contributed by atoms with Crippen LogP contribution < -0.4 is 26.2 Å². The number of esters is 1. The van der Waals surface area contributed by atoms with Crippen molar-refractivity contribution in [2.75, 3.05) is 44.6 Å². The fourth-order valence-electron chi connectivity index (χ4n) is 10.1. The number of carbonyl (C=O) groups excluding carboxylic acids is 3. The number of amides is 3. The number of aromatic amines is 1. The van der Waals surface area contributed by atoms with Crippen molar-refractivity contribution in [3.63, 3.8) is 0 Å². The van der Waals surface area contributed by atoms with Gasteiger partial charge in [-0.25, -0.2) is 14.4 Å². The minimum atomic E-state index is -0.890. The average molecular weight is 963 g/mol. The molecule has 1 aromatic heterocycles. The van der Waals surface area contributed by atoms with Crippen LogP contribution in [0.25, 0.3) is 10.9 Å². The number of H-pyrrole nitrogens is 1. The summed E-state index contributed by atoms with van der Waals surface area (Å²) in [5.74, 6) is 0.491. The lowest BCUT2D eigenvalue weighted by Gasteiger charge is -2.43. The molecular weight excluding hydrogens is 901 g/mol. The number of pyridine rings is 1. The molecule has 4 aliphatic rings. The summed E-state index contributed by atoms with van der Waals surface area (Å²) in [5.41, 5.74) is 5.12. The molecule has 3 amide bonds. The van der Waals surface area contributed by atoms with Crippen LogP contribution in [0, 0.1) is 5.92 Å². The molecule has 3 atom stereocenters. The van der Waals surface area contributed by atoms with Crippen LogP contribution >= 0.6 is 0 Å². The first-order valence-corrected chi connectivity index (χ1v) is 24.8. The Morgan fingerprint density at radius 3 is 2.30 bits per heavy atom. The van der Waals surface area contributed by atoms with Gasteiger partial charge in [0.1, 0.15) is 30.8 Å². The molecule has 10 rings (SSSR count). The molecular formula is C56H62N6O9. The molecule has 0 radical (unpaired) electrons. The van der Waals surface area contributed by atoms with Gasteiger partial charge < -0.3 is 50.3 Å². The van der Waals surface area contributed by atoms with Gasteiger partial charge in [0.15, 0.2) is 0 Å². The van der Waals surface area contributed by atoms with E-state index < -0.39 is 24.2 Å². The Morgan fingerprint density at radius 2 is 1.55 bits per heavy atom. The summed E-state index contributed by atoms with van der Waals surface area (Å²) in [6.07, 6.45) is 5.61. The van der Waals surface area contributed by atoms with Crippen LogP contribution in [0.15, 0.2) is 132 Å². The first kappa shape index (κ1) is 48.8. The van der Waals surface area contributed by atoms with E-state index in [0.717, 1.165) is 86.8 Å². The lowest BCUT2D eigenvalue weighted by molar-refractivity contribution is -0.0336. The molecule has 1 saturated carbocycles. The number of fused-ring (bicyclic) bond motifs is 4. The van der Waals surface area contributed by atoms with Gasteiger partial charge in [-0.15, -0.1) is 0 Å². The van der Waals surface area contributed by atoms with Gasteiger partial charge in [0.25, 0.3) is 0 Å². The molecule has 5 aromatic carbocycles. The summed E-state index contributed by atoms with van der Waals surface area (Å²) in [6, 6.07) is 37.4. The number of urea groups is 1. The third kappa shape index (κ3) is 12.6. The third-order valence-electron chi connectivity index (χ3n) is 14.0. The third-order valence-corrected chi connectivity index (χ3v) is 14.0. The van der Waals surface area contributed by atoms with Gasteiger partial charge >= 0.3 is 18.1 Å². The molecule has 1 unspecified atom stereocenters. The number of nitrogens with zero attached hydrogens (tertiary/aromatic N) is 2. The molecule has 4 fully saturated rings. The van der Waals surface area contributed by atoms with E-state index in [9.17, 15) is 29.4 Å². The number of anilines is 1. The zero-order chi connectivity index (χ0) is 49.1. The second kappa shape index (κ2) is 23.1. The molecule has 4 heterocycles. The van der Waals surface area contributed by atoms with Gasteiger partial charge in [0.05, 0.1) is 29.8 Å². The van der Waals surface area contributed by atoms with Crippen LogP contribution in [0.1, 0.15) is 95.3 Å². The predicted octanol–water partition coefficient (Wildman–Crippen LogP) is 8.57. The fraction of sp³-hybridized carbons (Fsp3) is 0.357. The van der Waals surface area contributed by atoms with E-state index in [1.54, 1.807) is 29.2 Å². The average Bonchev–Trinajstić information content (AvgIpc) is 3.40. The number of aromatic nitrogens is 1. The van der Waals surface area contributed by atoms with Crippen molar-refractivity contribution < 1.29 is 38.8 Å². The van der Waals surface area contributed by atoms with E-state index >= 15 is 0 Å². The lowest BCUT2D eigenvalue weighted by Crippen LogP contribution is -2.52. The standard InChI is InChI=1S/C56H62N6O9/c63-48-24-22-46(47-23-25-51(65)59-53(47)48)49(64)34-57-33-37-16-20-43(21-17-37)58-55(67)62(44-11-5-2-6-12-44)30-31-69-54(66)41-18-14-38(15-19-41)36-70-45-13-7-10-42(32-45)52(40-8-3-1-4-9-40)60-56(68)71-50-35-61-28-26-39(50)27-29-61/h1,3-4,7-10,13-25,32,39,44,49-50,52,57,63-64H,2,5-6,11-12,26-31,33-36H2,(H,58,67)(H,59,65)(H,60,68)/t49-,50+,52?/m1/s1. The fourth-order valence-corrected chi connectivity index (χ4v) is 10.1. The number of phenols is 1. The van der Waals surface area contributed by atoms with Crippen LogP contribution in [-0.2, 0) is 22.6 Å². The number of hydrogen-bond donors (Lipinski definition) is 6. The first-order valence-electron chi connectivity index (χ1n) is 24.8. The number of carbonyl (C=O) groups is 3. The Balaban J connectivity index is 0.743. The monoisotopic (exact) mass is 962 g/mol. The van der Waals surface area contributed by atoms with Crippen molar-refractivity contribution in [3.8, 4) is 11.5 Å². The molecule has 3 aliphatic heterocycles. The van der Waals surface area contributed by atoms with Crippen LogP contribution in [0.5, 0.6) is 11.5 Å². The van der Waals surface area contributed by atoms with Crippen molar-refractivity contribution in [1.29, 1.82) is 0 Å². The molecule has 6 N–H and O–H groups in total. The number of rotatable bonds is 18. The Kier molecular flexibility index (Phi) is 15.9. The molecule has 0 spiro atoms. The number of alkyl carbamates (subject to hydrolysis) is 1. The maximum absolute atomic E-state index is 13.8. The van der Waals surface area contributed by atoms with Gasteiger partial charge in [-0.2, -0.15) is 0 Å². The zero-order valence-electron chi connectivity index (χ0n) is 39.8. The minimum absolute atomic E-state index is 0.0279. The van der Waals surface area contributed by atoms with E-state index in [2.05, 4.69) is 25.8 Å². The predicted molar refractivity (Wildman–Crippen MR) is 270 cm³/mol. The summed E-state index contributed by atoms with van der Waals surface area (Å²) >= 11 is 0. The highest BCUT2D eigenvalue weighted by molar-refractivity contribution is 5.90. The number of aliphatic hydroxyl groups excluding tert-OH is 1. The Morgan fingerprint density at radius 1 is 0.803 bits per heavy atom. The van der Waals surface area contributed by atoms with E-state index in [1.165, 1.54) is 12.1 Å². The van der Waals surface area contributed by atoms with Crippen LogP contribution in [-0.4, -0.2) is 94.6 Å². The minimum Gasteiger partial charge on any atom is -0.506 e. The number of nitrogens with one attached hydrogen (secondary N) is 4. The topological polar surface area (TPSA) is 195 Å². The molecule has 370 valence electrons. The van der Waals surface area contributed by atoms with Crippen molar-refractivity contribution in [3.05, 3.63) is 171 Å².